The van der Waals surface area contributed by atoms with Crippen molar-refractivity contribution in [3.63, 3.8) is 0 Å². The van der Waals surface area contributed by atoms with Crippen molar-refractivity contribution in [2.24, 2.45) is 0 Å². The molecule has 0 bridgehead atoms. The van der Waals surface area contributed by atoms with E-state index in [1.807, 2.05) is 29.8 Å². The maximum atomic E-state index is 5.36. The van der Waals surface area contributed by atoms with Crippen molar-refractivity contribution in [1.29, 1.82) is 0 Å². The van der Waals surface area contributed by atoms with Crippen molar-refractivity contribution >= 4 is 29.2 Å². The molecule has 0 radical (unpaired) electrons. The predicted molar refractivity (Wildman–Crippen MR) is 77.8 cm³/mol. The smallest absolute Gasteiger partial charge is 0.203 e. The molecule has 2 heterocycles. The summed E-state index contributed by atoms with van der Waals surface area (Å²) in [5.41, 5.74) is 2.85. The van der Waals surface area contributed by atoms with Crippen LogP contribution in [-0.4, -0.2) is 26.6 Å². The molecule has 0 fully saturated rings. The molecule has 1 aromatic carbocycles. The average Bonchev–Trinajstić information content (AvgIpc) is 2.92. The van der Waals surface area contributed by atoms with Gasteiger partial charge in [0.2, 0.25) is 4.77 Å². The fourth-order valence-corrected chi connectivity index (χ4v) is 2.30. The number of aromatic nitrogens is 4. The van der Waals surface area contributed by atoms with Gasteiger partial charge in [-0.25, -0.2) is 9.97 Å². The Morgan fingerprint density at radius 1 is 1.32 bits per heavy atom. The molecule has 0 saturated heterocycles. The maximum absolute atomic E-state index is 5.36. The summed E-state index contributed by atoms with van der Waals surface area (Å²) in [7, 11) is 1.82. The second kappa shape index (κ2) is 4.81. The van der Waals surface area contributed by atoms with E-state index in [2.05, 4.69) is 32.4 Å². The molecule has 2 aromatic heterocycles. The lowest BCUT2D eigenvalue weighted by molar-refractivity contribution is 0.779. The molecule has 19 heavy (non-hydrogen) atoms. The predicted octanol–water partition coefficient (Wildman–Crippen LogP) is 2.58. The van der Waals surface area contributed by atoms with Crippen molar-refractivity contribution in [3.8, 4) is 0 Å². The van der Waals surface area contributed by atoms with Crippen molar-refractivity contribution in [1.82, 2.24) is 19.5 Å². The van der Waals surface area contributed by atoms with Crippen LogP contribution in [0.5, 0.6) is 0 Å². The van der Waals surface area contributed by atoms with Crippen LogP contribution in [0.25, 0.3) is 11.2 Å². The molecule has 3 rings (SSSR count). The molecule has 6 heteroatoms. The number of aromatic amines is 1. The highest BCUT2D eigenvalue weighted by Crippen LogP contribution is 2.18. The molecule has 0 amide bonds. The zero-order valence-electron chi connectivity index (χ0n) is 10.4. The Balaban J connectivity index is 2.16. The number of nitrogens with zero attached hydrogens (tertiary/aromatic N) is 3. The first-order chi connectivity index (χ1) is 9.29. The number of H-pyrrole nitrogens is 1. The molecule has 5 nitrogen and oxygen atoms in total. The summed E-state index contributed by atoms with van der Waals surface area (Å²) in [4.78, 5) is 11.8. The molecule has 96 valence electrons. The summed E-state index contributed by atoms with van der Waals surface area (Å²) in [6.45, 7) is 0.665. The Morgan fingerprint density at radius 3 is 2.84 bits per heavy atom. The van der Waals surface area contributed by atoms with Gasteiger partial charge in [0.05, 0.1) is 12.9 Å². The van der Waals surface area contributed by atoms with Crippen LogP contribution in [0, 0.1) is 4.77 Å². The lowest BCUT2D eigenvalue weighted by Gasteiger charge is -2.10. The average molecular weight is 271 g/mol. The van der Waals surface area contributed by atoms with Crippen LogP contribution in [-0.2, 0) is 6.54 Å². The third-order valence-electron chi connectivity index (χ3n) is 2.97. The number of fused-ring (bicyclic) bond motifs is 1. The van der Waals surface area contributed by atoms with E-state index in [-0.39, 0.29) is 0 Å². The topological polar surface area (TPSA) is 58.5 Å². The molecule has 0 aliphatic rings. The zero-order chi connectivity index (χ0) is 13.2. The van der Waals surface area contributed by atoms with Gasteiger partial charge in [-0.3, -0.25) is 4.57 Å². The summed E-state index contributed by atoms with van der Waals surface area (Å²) in [5.74, 6) is 0.724. The molecule has 0 atom stereocenters. The van der Waals surface area contributed by atoms with E-state index in [4.69, 9.17) is 12.2 Å². The van der Waals surface area contributed by atoms with Crippen molar-refractivity contribution in [2.45, 2.75) is 6.54 Å². The largest absolute Gasteiger partial charge is 0.371 e. The fourth-order valence-electron chi connectivity index (χ4n) is 2.06. The van der Waals surface area contributed by atoms with Gasteiger partial charge in [-0.2, -0.15) is 0 Å². The Kier molecular flexibility index (Phi) is 3.00. The van der Waals surface area contributed by atoms with E-state index in [1.54, 1.807) is 6.33 Å². The van der Waals surface area contributed by atoms with Crippen molar-refractivity contribution in [3.05, 3.63) is 47.0 Å². The fraction of sp³-hybridized carbons (Fsp3) is 0.154. The van der Waals surface area contributed by atoms with Gasteiger partial charge in [-0.15, -0.1) is 0 Å². The molecule has 0 spiro atoms. The minimum absolute atomic E-state index is 0.521. The van der Waals surface area contributed by atoms with Gasteiger partial charge in [-0.1, -0.05) is 30.3 Å². The number of nitrogens with one attached hydrogen (secondary N) is 2. The van der Waals surface area contributed by atoms with E-state index < -0.39 is 0 Å². The van der Waals surface area contributed by atoms with Gasteiger partial charge < -0.3 is 10.3 Å². The van der Waals surface area contributed by atoms with E-state index in [0.717, 1.165) is 17.0 Å². The van der Waals surface area contributed by atoms with Gasteiger partial charge in [0, 0.05) is 7.05 Å². The second-order valence-corrected chi connectivity index (χ2v) is 4.53. The van der Waals surface area contributed by atoms with E-state index in [9.17, 15) is 0 Å². The molecule has 2 N–H and O–H groups in total. The number of benzene rings is 1. The minimum atomic E-state index is 0.521. The van der Waals surface area contributed by atoms with E-state index in [0.29, 0.717) is 11.3 Å². The third kappa shape index (κ3) is 2.10. The standard InChI is InChI=1S/C13H13N5S/c1-14-11-10-12(16-8-15-10)18(13(19)17-11)7-9-5-3-2-4-6-9/h2-6,8H,7H2,1H3,(H,15,16)(H,14,17,19). The summed E-state index contributed by atoms with van der Waals surface area (Å²) in [6, 6.07) is 10.1. The number of anilines is 1. The summed E-state index contributed by atoms with van der Waals surface area (Å²) in [5, 5.41) is 3.03. The van der Waals surface area contributed by atoms with E-state index >= 15 is 0 Å². The molecule has 0 unspecified atom stereocenters. The van der Waals surface area contributed by atoms with Gasteiger partial charge in [0.1, 0.15) is 5.52 Å². The highest BCUT2D eigenvalue weighted by molar-refractivity contribution is 7.71. The Labute approximate surface area is 115 Å². The molecular weight excluding hydrogens is 258 g/mol. The number of imidazole rings is 1. The van der Waals surface area contributed by atoms with Crippen LogP contribution in [0.4, 0.5) is 5.82 Å². The molecule has 3 aromatic rings. The first-order valence-electron chi connectivity index (χ1n) is 5.95. The summed E-state index contributed by atoms with van der Waals surface area (Å²) in [6.07, 6.45) is 1.66. The van der Waals surface area contributed by atoms with E-state index in [1.165, 1.54) is 5.56 Å². The highest BCUT2D eigenvalue weighted by Gasteiger charge is 2.10. The molecular formula is C13H13N5S. The first kappa shape index (κ1) is 11.9. The SMILES string of the molecule is CNc1nc(=S)n(Cc2ccccc2)c2nc[nH]c12. The molecule has 0 saturated carbocycles. The summed E-state index contributed by atoms with van der Waals surface area (Å²) < 4.78 is 2.45. The van der Waals surface area contributed by atoms with Crippen molar-refractivity contribution in [2.75, 3.05) is 12.4 Å². The lowest BCUT2D eigenvalue weighted by Crippen LogP contribution is -2.07. The highest BCUT2D eigenvalue weighted by atomic mass is 32.1. The normalized spacial score (nSPS) is 10.8. The Bertz CT molecular complexity index is 760. The zero-order valence-corrected chi connectivity index (χ0v) is 11.2. The van der Waals surface area contributed by atoms with Crippen LogP contribution in [0.15, 0.2) is 36.7 Å². The molecule has 0 aliphatic carbocycles. The quantitative estimate of drug-likeness (QED) is 0.719. The minimum Gasteiger partial charge on any atom is -0.371 e. The number of hydrogen-bond donors (Lipinski definition) is 2. The Morgan fingerprint density at radius 2 is 2.11 bits per heavy atom. The van der Waals surface area contributed by atoms with Gasteiger partial charge >= 0.3 is 0 Å². The first-order valence-corrected chi connectivity index (χ1v) is 6.36. The maximum Gasteiger partial charge on any atom is 0.203 e. The van der Waals surface area contributed by atoms with Crippen molar-refractivity contribution < 1.29 is 0 Å². The van der Waals surface area contributed by atoms with Crippen LogP contribution in [0.3, 0.4) is 0 Å². The van der Waals surface area contributed by atoms with Crippen LogP contribution in [0.1, 0.15) is 5.56 Å². The van der Waals surface area contributed by atoms with Gasteiger partial charge in [-0.05, 0) is 17.8 Å². The number of rotatable bonds is 3. The third-order valence-corrected chi connectivity index (χ3v) is 3.28. The Hall–Kier alpha value is -2.21. The van der Waals surface area contributed by atoms with Gasteiger partial charge in [0.25, 0.3) is 0 Å². The van der Waals surface area contributed by atoms with Crippen LogP contribution in [0.2, 0.25) is 0 Å². The number of hydrogen-bond acceptors (Lipinski definition) is 4. The summed E-state index contributed by atoms with van der Waals surface area (Å²) >= 11 is 5.36. The van der Waals surface area contributed by atoms with Gasteiger partial charge in [0.15, 0.2) is 11.5 Å². The lowest BCUT2D eigenvalue weighted by atomic mass is 10.2. The van der Waals surface area contributed by atoms with Crippen LogP contribution >= 0.6 is 12.2 Å². The van der Waals surface area contributed by atoms with Crippen LogP contribution < -0.4 is 5.32 Å². The molecule has 0 aliphatic heterocycles. The monoisotopic (exact) mass is 271 g/mol. The second-order valence-electron chi connectivity index (χ2n) is 4.17.